The molecule has 0 radical (unpaired) electrons. The van der Waals surface area contributed by atoms with Crippen LogP contribution in [0.3, 0.4) is 0 Å². The van der Waals surface area contributed by atoms with E-state index in [9.17, 15) is 4.79 Å². The zero-order valence-electron chi connectivity index (χ0n) is 10.0. The maximum Gasteiger partial charge on any atom is 0.244 e. The maximum absolute atomic E-state index is 11.4. The molecule has 0 aromatic carbocycles. The molecule has 0 aliphatic heterocycles. The summed E-state index contributed by atoms with van der Waals surface area (Å²) in [7, 11) is 1.61. The van der Waals surface area contributed by atoms with Gasteiger partial charge in [0.25, 0.3) is 0 Å². The largest absolute Gasteiger partial charge is 0.357 e. The highest BCUT2D eigenvalue weighted by Crippen LogP contribution is 2.04. The lowest BCUT2D eigenvalue weighted by atomic mass is 10.3. The summed E-state index contributed by atoms with van der Waals surface area (Å²) in [6, 6.07) is -0.322. The maximum atomic E-state index is 11.4. The number of amides is 1. The van der Waals surface area contributed by atoms with E-state index in [0.717, 1.165) is 18.7 Å². The Hall–Kier alpha value is -1.43. The first-order chi connectivity index (χ1) is 7.69. The molecule has 0 aliphatic rings. The van der Waals surface area contributed by atoms with Crippen LogP contribution in [0.5, 0.6) is 0 Å². The van der Waals surface area contributed by atoms with E-state index in [2.05, 4.69) is 27.9 Å². The van der Waals surface area contributed by atoms with Crippen LogP contribution in [0.2, 0.25) is 0 Å². The highest BCUT2D eigenvalue weighted by molar-refractivity contribution is 5.79. The second kappa shape index (κ2) is 6.22. The SMILES string of the molecule is CCCNCc1cn(C(C)C(=O)NC)nn1. The van der Waals surface area contributed by atoms with E-state index in [1.165, 1.54) is 0 Å². The number of nitrogens with zero attached hydrogens (tertiary/aromatic N) is 3. The molecule has 1 aromatic heterocycles. The van der Waals surface area contributed by atoms with E-state index >= 15 is 0 Å². The van der Waals surface area contributed by atoms with Crippen molar-refractivity contribution in [2.24, 2.45) is 0 Å². The summed E-state index contributed by atoms with van der Waals surface area (Å²) >= 11 is 0. The molecular weight excluding hydrogens is 206 g/mol. The number of nitrogens with one attached hydrogen (secondary N) is 2. The molecule has 1 aromatic rings. The minimum absolute atomic E-state index is 0.0713. The van der Waals surface area contributed by atoms with Crippen molar-refractivity contribution < 1.29 is 4.79 Å². The first-order valence-corrected chi connectivity index (χ1v) is 5.52. The van der Waals surface area contributed by atoms with Crippen molar-refractivity contribution in [1.29, 1.82) is 0 Å². The molecule has 1 heterocycles. The summed E-state index contributed by atoms with van der Waals surface area (Å²) in [5.41, 5.74) is 0.851. The Labute approximate surface area is 95.4 Å². The van der Waals surface area contributed by atoms with Crippen molar-refractivity contribution in [3.8, 4) is 0 Å². The number of likely N-dealkylation sites (N-methyl/N-ethyl adjacent to an activating group) is 1. The number of hydrogen-bond acceptors (Lipinski definition) is 4. The van der Waals surface area contributed by atoms with Crippen LogP contribution in [0.15, 0.2) is 6.20 Å². The molecule has 2 N–H and O–H groups in total. The monoisotopic (exact) mass is 225 g/mol. The number of rotatable bonds is 6. The first kappa shape index (κ1) is 12.6. The second-order valence-electron chi connectivity index (χ2n) is 3.66. The van der Waals surface area contributed by atoms with Gasteiger partial charge in [0.2, 0.25) is 5.91 Å². The molecule has 0 saturated carbocycles. The number of carbonyl (C=O) groups is 1. The van der Waals surface area contributed by atoms with Crippen molar-refractivity contribution >= 4 is 5.91 Å². The van der Waals surface area contributed by atoms with Gasteiger partial charge in [0.1, 0.15) is 6.04 Å². The number of aromatic nitrogens is 3. The fourth-order valence-corrected chi connectivity index (χ4v) is 1.31. The molecule has 0 aliphatic carbocycles. The zero-order valence-corrected chi connectivity index (χ0v) is 10.0. The molecule has 0 fully saturated rings. The van der Waals surface area contributed by atoms with Crippen molar-refractivity contribution in [3.63, 3.8) is 0 Å². The Balaban J connectivity index is 2.53. The molecule has 1 rings (SSSR count). The summed E-state index contributed by atoms with van der Waals surface area (Å²) in [5.74, 6) is -0.0713. The molecule has 1 unspecified atom stereocenters. The molecule has 6 nitrogen and oxygen atoms in total. The molecule has 1 atom stereocenters. The lowest BCUT2D eigenvalue weighted by Crippen LogP contribution is -2.28. The quantitative estimate of drug-likeness (QED) is 0.673. The molecule has 0 saturated heterocycles. The van der Waals surface area contributed by atoms with Gasteiger partial charge in [-0.05, 0) is 19.9 Å². The molecule has 6 heteroatoms. The summed E-state index contributed by atoms with van der Waals surface area (Å²) < 4.78 is 1.57. The molecule has 0 spiro atoms. The van der Waals surface area contributed by atoms with Gasteiger partial charge in [0, 0.05) is 13.6 Å². The third-order valence-corrected chi connectivity index (χ3v) is 2.31. The predicted octanol–water partition coefficient (Wildman–Crippen LogP) is 0.0847. The summed E-state index contributed by atoms with van der Waals surface area (Å²) in [6.45, 7) is 5.54. The highest BCUT2D eigenvalue weighted by atomic mass is 16.2. The smallest absolute Gasteiger partial charge is 0.244 e. The van der Waals surface area contributed by atoms with Crippen LogP contribution in [0, 0.1) is 0 Å². The Morgan fingerprint density at radius 3 is 3.00 bits per heavy atom. The summed E-state index contributed by atoms with van der Waals surface area (Å²) in [6.07, 6.45) is 2.88. The van der Waals surface area contributed by atoms with Gasteiger partial charge in [-0.2, -0.15) is 0 Å². The van der Waals surface area contributed by atoms with E-state index in [1.54, 1.807) is 24.9 Å². The van der Waals surface area contributed by atoms with Crippen molar-refractivity contribution in [2.75, 3.05) is 13.6 Å². The molecule has 1 amide bonds. The topological polar surface area (TPSA) is 71.8 Å². The van der Waals surface area contributed by atoms with Gasteiger partial charge in [-0.25, -0.2) is 4.68 Å². The fourth-order valence-electron chi connectivity index (χ4n) is 1.31. The van der Waals surface area contributed by atoms with Gasteiger partial charge in [0.05, 0.1) is 11.9 Å². The van der Waals surface area contributed by atoms with Crippen LogP contribution in [-0.2, 0) is 11.3 Å². The Morgan fingerprint density at radius 1 is 1.62 bits per heavy atom. The Kier molecular flexibility index (Phi) is 4.91. The van der Waals surface area contributed by atoms with E-state index in [0.29, 0.717) is 6.54 Å². The zero-order chi connectivity index (χ0) is 12.0. The van der Waals surface area contributed by atoms with Gasteiger partial charge >= 0.3 is 0 Å². The van der Waals surface area contributed by atoms with Crippen LogP contribution in [-0.4, -0.2) is 34.5 Å². The van der Waals surface area contributed by atoms with Crippen LogP contribution >= 0.6 is 0 Å². The Morgan fingerprint density at radius 2 is 2.38 bits per heavy atom. The van der Waals surface area contributed by atoms with E-state index in [4.69, 9.17) is 0 Å². The van der Waals surface area contributed by atoms with E-state index < -0.39 is 0 Å². The van der Waals surface area contributed by atoms with Gasteiger partial charge in [-0.1, -0.05) is 12.1 Å². The average Bonchev–Trinajstić information content (AvgIpc) is 2.76. The Bertz CT molecular complexity index is 336. The lowest BCUT2D eigenvalue weighted by Gasteiger charge is -2.08. The van der Waals surface area contributed by atoms with Crippen molar-refractivity contribution in [1.82, 2.24) is 25.6 Å². The van der Waals surface area contributed by atoms with Gasteiger partial charge in [0.15, 0.2) is 0 Å². The standard InChI is InChI=1S/C10H19N5O/c1-4-5-12-6-9-7-15(14-13-9)8(2)10(16)11-3/h7-8,12H,4-6H2,1-3H3,(H,11,16). The first-order valence-electron chi connectivity index (χ1n) is 5.52. The van der Waals surface area contributed by atoms with Crippen LogP contribution < -0.4 is 10.6 Å². The minimum Gasteiger partial charge on any atom is -0.357 e. The molecule has 16 heavy (non-hydrogen) atoms. The number of carbonyl (C=O) groups excluding carboxylic acids is 1. The van der Waals surface area contributed by atoms with Crippen molar-refractivity contribution in [3.05, 3.63) is 11.9 Å². The summed E-state index contributed by atoms with van der Waals surface area (Å²) in [5, 5.41) is 13.7. The predicted molar refractivity (Wildman–Crippen MR) is 60.8 cm³/mol. The molecule has 90 valence electrons. The van der Waals surface area contributed by atoms with Crippen molar-refractivity contribution in [2.45, 2.75) is 32.9 Å². The van der Waals surface area contributed by atoms with Gasteiger partial charge in [-0.3, -0.25) is 4.79 Å². The van der Waals surface area contributed by atoms with Gasteiger partial charge < -0.3 is 10.6 Å². The van der Waals surface area contributed by atoms with E-state index in [1.807, 2.05) is 0 Å². The second-order valence-corrected chi connectivity index (χ2v) is 3.66. The molecular formula is C10H19N5O. The van der Waals surface area contributed by atoms with Crippen LogP contribution in [0.25, 0.3) is 0 Å². The molecule has 0 bridgehead atoms. The van der Waals surface area contributed by atoms with Gasteiger partial charge in [-0.15, -0.1) is 5.10 Å². The summed E-state index contributed by atoms with van der Waals surface area (Å²) in [4.78, 5) is 11.4. The highest BCUT2D eigenvalue weighted by Gasteiger charge is 2.14. The fraction of sp³-hybridized carbons (Fsp3) is 0.700. The van der Waals surface area contributed by atoms with Crippen LogP contribution in [0.1, 0.15) is 32.0 Å². The van der Waals surface area contributed by atoms with Crippen LogP contribution in [0.4, 0.5) is 0 Å². The third kappa shape index (κ3) is 3.30. The lowest BCUT2D eigenvalue weighted by molar-refractivity contribution is -0.123. The minimum atomic E-state index is -0.322. The number of hydrogen-bond donors (Lipinski definition) is 2. The normalized spacial score (nSPS) is 12.4. The average molecular weight is 225 g/mol. The van der Waals surface area contributed by atoms with E-state index in [-0.39, 0.29) is 11.9 Å². The third-order valence-electron chi connectivity index (χ3n) is 2.31.